The molecule has 0 bridgehead atoms. The van der Waals surface area contributed by atoms with Gasteiger partial charge in [-0.1, -0.05) is 24.3 Å². The third kappa shape index (κ3) is 3.22. The number of hydrogen-bond acceptors (Lipinski definition) is 5. The van der Waals surface area contributed by atoms with Crippen molar-refractivity contribution in [2.75, 3.05) is 23.7 Å². The predicted octanol–water partition coefficient (Wildman–Crippen LogP) is 3.22. The van der Waals surface area contributed by atoms with Crippen molar-refractivity contribution in [3.05, 3.63) is 60.7 Å². The zero-order valence-electron chi connectivity index (χ0n) is 15.2. The molecule has 0 saturated heterocycles. The first-order chi connectivity index (χ1) is 13.3. The highest BCUT2D eigenvalue weighted by Crippen LogP contribution is 2.41. The second kappa shape index (κ2) is 6.79. The van der Waals surface area contributed by atoms with Crippen molar-refractivity contribution < 1.29 is 21.6 Å². The highest BCUT2D eigenvalue weighted by molar-refractivity contribution is 7.93. The highest BCUT2D eigenvalue weighted by Gasteiger charge is 2.34. The Morgan fingerprint density at radius 2 is 1.64 bits per heavy atom. The van der Waals surface area contributed by atoms with Crippen molar-refractivity contribution in [1.29, 1.82) is 0 Å². The average Bonchev–Trinajstić information content (AvgIpc) is 2.88. The predicted molar refractivity (Wildman–Crippen MR) is 108 cm³/mol. The maximum Gasteiger partial charge on any atom is 0.265 e. The Morgan fingerprint density at radius 1 is 0.964 bits per heavy atom. The van der Waals surface area contributed by atoms with Crippen molar-refractivity contribution in [1.82, 2.24) is 0 Å². The van der Waals surface area contributed by atoms with Crippen LogP contribution in [0.4, 0.5) is 5.69 Å². The van der Waals surface area contributed by atoms with Crippen LogP contribution in [0.3, 0.4) is 0 Å². The van der Waals surface area contributed by atoms with Crippen LogP contribution in [0.15, 0.2) is 70.5 Å². The van der Waals surface area contributed by atoms with Crippen LogP contribution in [0.5, 0.6) is 5.75 Å². The average molecular weight is 418 g/mol. The molecule has 0 saturated carbocycles. The molecule has 1 aliphatic rings. The molecule has 4 rings (SSSR count). The number of ether oxygens (including phenoxy) is 1. The van der Waals surface area contributed by atoms with Gasteiger partial charge in [0.1, 0.15) is 5.75 Å². The largest absolute Gasteiger partial charge is 0.494 e. The lowest BCUT2D eigenvalue weighted by Crippen LogP contribution is -2.29. The van der Waals surface area contributed by atoms with E-state index >= 15 is 0 Å². The van der Waals surface area contributed by atoms with E-state index in [-0.39, 0.29) is 4.90 Å². The second-order valence-electron chi connectivity index (χ2n) is 6.65. The third-order valence-electron chi connectivity index (χ3n) is 4.71. The minimum absolute atomic E-state index is 0.230. The van der Waals surface area contributed by atoms with Gasteiger partial charge in [-0.05, 0) is 41.8 Å². The maximum absolute atomic E-state index is 12.9. The van der Waals surface area contributed by atoms with Gasteiger partial charge in [0, 0.05) is 24.6 Å². The Kier molecular flexibility index (Phi) is 4.55. The highest BCUT2D eigenvalue weighted by atomic mass is 32.2. The van der Waals surface area contributed by atoms with Crippen molar-refractivity contribution in [3.63, 3.8) is 0 Å². The Balaban J connectivity index is 1.44. The normalized spacial score (nSPS) is 15.1. The first-order valence-electron chi connectivity index (χ1n) is 8.76. The molecule has 0 radical (unpaired) electrons. The van der Waals surface area contributed by atoms with E-state index < -0.39 is 19.9 Å². The molecule has 8 heteroatoms. The van der Waals surface area contributed by atoms with Crippen LogP contribution < -0.4 is 9.04 Å². The SMILES string of the molecule is CS(=O)(=O)c1ccc(OCCCN2c3cccc4cccc(c34)S2(=O)=O)cc1. The molecule has 3 aromatic carbocycles. The number of anilines is 1. The summed E-state index contributed by atoms with van der Waals surface area (Å²) in [6.45, 7) is 0.619. The zero-order valence-corrected chi connectivity index (χ0v) is 16.8. The lowest BCUT2D eigenvalue weighted by atomic mass is 10.1. The fraction of sp³-hybridized carbons (Fsp3) is 0.200. The first kappa shape index (κ1) is 18.8. The molecular formula is C20H19NO5S2. The van der Waals surface area contributed by atoms with E-state index in [0.717, 1.165) is 17.0 Å². The fourth-order valence-corrected chi connectivity index (χ4v) is 5.76. The van der Waals surface area contributed by atoms with E-state index in [2.05, 4.69) is 0 Å². The van der Waals surface area contributed by atoms with Gasteiger partial charge in [0.25, 0.3) is 10.0 Å². The van der Waals surface area contributed by atoms with Crippen molar-refractivity contribution in [2.45, 2.75) is 16.2 Å². The molecule has 28 heavy (non-hydrogen) atoms. The van der Waals surface area contributed by atoms with Crippen LogP contribution in [0.25, 0.3) is 10.8 Å². The molecule has 146 valence electrons. The molecule has 0 aromatic heterocycles. The molecule has 0 atom stereocenters. The molecule has 0 spiro atoms. The molecule has 0 amide bonds. The summed E-state index contributed by atoms with van der Waals surface area (Å²) in [5.41, 5.74) is 0.700. The van der Waals surface area contributed by atoms with Crippen LogP contribution in [0.2, 0.25) is 0 Å². The van der Waals surface area contributed by atoms with Gasteiger partial charge in [-0.15, -0.1) is 0 Å². The Labute approximate surface area is 164 Å². The molecule has 3 aromatic rings. The quantitative estimate of drug-likeness (QED) is 0.575. The van der Waals surface area contributed by atoms with Crippen molar-refractivity contribution in [2.24, 2.45) is 0 Å². The Hall–Kier alpha value is -2.58. The lowest BCUT2D eigenvalue weighted by molar-refractivity contribution is 0.313. The Morgan fingerprint density at radius 3 is 2.32 bits per heavy atom. The number of sulfone groups is 1. The van der Waals surface area contributed by atoms with E-state index in [1.165, 1.54) is 16.4 Å². The molecule has 1 aliphatic heterocycles. The molecular weight excluding hydrogens is 398 g/mol. The van der Waals surface area contributed by atoms with Crippen LogP contribution in [0.1, 0.15) is 6.42 Å². The summed E-state index contributed by atoms with van der Waals surface area (Å²) in [5, 5.41) is 1.67. The van der Waals surface area contributed by atoms with Crippen LogP contribution in [0, 0.1) is 0 Å². The third-order valence-corrected chi connectivity index (χ3v) is 7.69. The van der Waals surface area contributed by atoms with Crippen LogP contribution in [-0.4, -0.2) is 36.2 Å². The first-order valence-corrected chi connectivity index (χ1v) is 12.1. The summed E-state index contributed by atoms with van der Waals surface area (Å²) in [4.78, 5) is 0.576. The molecule has 6 nitrogen and oxygen atoms in total. The molecule has 0 N–H and O–H groups in total. The number of nitrogens with zero attached hydrogens (tertiary/aromatic N) is 1. The van der Waals surface area contributed by atoms with E-state index in [9.17, 15) is 16.8 Å². The van der Waals surface area contributed by atoms with Gasteiger partial charge >= 0.3 is 0 Å². The van der Waals surface area contributed by atoms with E-state index in [4.69, 9.17) is 4.74 Å². The summed E-state index contributed by atoms with van der Waals surface area (Å²) in [5.74, 6) is 0.544. The van der Waals surface area contributed by atoms with Gasteiger partial charge in [0.15, 0.2) is 9.84 Å². The van der Waals surface area contributed by atoms with Gasteiger partial charge in [0.2, 0.25) is 0 Å². The molecule has 1 heterocycles. The summed E-state index contributed by atoms with van der Waals surface area (Å²) in [7, 11) is -6.80. The number of sulfonamides is 1. The van der Waals surface area contributed by atoms with Gasteiger partial charge in [-0.2, -0.15) is 0 Å². The topological polar surface area (TPSA) is 80.8 Å². The summed E-state index contributed by atoms with van der Waals surface area (Å²) in [6.07, 6.45) is 1.65. The standard InChI is InChI=1S/C20H19NO5S2/c1-27(22,23)17-11-9-16(10-12-17)26-14-4-13-21-18-7-2-5-15-6-3-8-19(20(15)18)28(21,24)25/h2-3,5-12H,4,13-14H2,1H3. The summed E-state index contributed by atoms with van der Waals surface area (Å²) in [6, 6.07) is 17.1. The lowest BCUT2D eigenvalue weighted by Gasteiger charge is -2.18. The smallest absolute Gasteiger partial charge is 0.265 e. The minimum atomic E-state index is -3.55. The van der Waals surface area contributed by atoms with E-state index in [1.807, 2.05) is 24.3 Å². The summed E-state index contributed by atoms with van der Waals surface area (Å²) < 4.78 is 55.8. The second-order valence-corrected chi connectivity index (χ2v) is 10.5. The van der Waals surface area contributed by atoms with Gasteiger partial charge in [-0.3, -0.25) is 4.31 Å². The van der Waals surface area contributed by atoms with Crippen molar-refractivity contribution >= 4 is 36.3 Å². The number of rotatable bonds is 6. The molecule has 0 unspecified atom stereocenters. The molecule has 0 aliphatic carbocycles. The molecule has 0 fully saturated rings. The van der Waals surface area contributed by atoms with Crippen LogP contribution in [-0.2, 0) is 19.9 Å². The Bertz CT molecular complexity index is 1240. The monoisotopic (exact) mass is 417 g/mol. The number of benzene rings is 3. The fourth-order valence-electron chi connectivity index (χ4n) is 3.38. The zero-order chi connectivity index (χ0) is 19.9. The van der Waals surface area contributed by atoms with Crippen molar-refractivity contribution in [3.8, 4) is 5.75 Å². The maximum atomic E-state index is 12.9. The van der Waals surface area contributed by atoms with E-state index in [1.54, 1.807) is 24.3 Å². The van der Waals surface area contributed by atoms with Gasteiger partial charge in [-0.25, -0.2) is 16.8 Å². The van der Waals surface area contributed by atoms with Gasteiger partial charge < -0.3 is 4.74 Å². The summed E-state index contributed by atoms with van der Waals surface area (Å²) >= 11 is 0. The van der Waals surface area contributed by atoms with Gasteiger partial charge in [0.05, 0.1) is 22.1 Å². The number of hydrogen-bond donors (Lipinski definition) is 0. The van der Waals surface area contributed by atoms with Crippen LogP contribution >= 0.6 is 0 Å². The minimum Gasteiger partial charge on any atom is -0.494 e. The van der Waals surface area contributed by atoms with E-state index in [0.29, 0.717) is 35.9 Å².